The van der Waals surface area contributed by atoms with E-state index >= 15 is 0 Å². The van der Waals surface area contributed by atoms with E-state index in [0.29, 0.717) is 39.4 Å². The maximum atomic E-state index is 13.8. The molecule has 1 atom stereocenters. The van der Waals surface area contributed by atoms with Crippen molar-refractivity contribution in [2.45, 2.75) is 13.0 Å². The highest BCUT2D eigenvalue weighted by molar-refractivity contribution is 6.30. The Hall–Kier alpha value is -3.91. The van der Waals surface area contributed by atoms with Crippen LogP contribution in [0.2, 0.25) is 5.02 Å². The molecule has 0 aliphatic carbocycles. The number of amides is 1. The Labute approximate surface area is 201 Å². The highest BCUT2D eigenvalue weighted by Crippen LogP contribution is 2.42. The Kier molecular flexibility index (Phi) is 5.25. The molecule has 0 bridgehead atoms. The summed E-state index contributed by atoms with van der Waals surface area (Å²) in [4.78, 5) is 37.0. The van der Waals surface area contributed by atoms with Gasteiger partial charge in [0.1, 0.15) is 17.6 Å². The zero-order valence-corrected chi connectivity index (χ0v) is 19.9. The lowest BCUT2D eigenvalue weighted by Crippen LogP contribution is -2.32. The lowest BCUT2D eigenvalue weighted by Gasteiger charge is -2.26. The molecule has 9 heteroatoms. The van der Waals surface area contributed by atoms with Gasteiger partial charge in [-0.05, 0) is 36.8 Å². The number of ether oxygens (including phenoxy) is 1. The summed E-state index contributed by atoms with van der Waals surface area (Å²) in [6.45, 7) is 1.74. The van der Waals surface area contributed by atoms with Gasteiger partial charge >= 0.3 is 0 Å². The Morgan fingerprint density at radius 3 is 2.41 bits per heavy atom. The Morgan fingerprint density at radius 2 is 1.79 bits per heavy atom. The monoisotopic (exact) mass is 475 g/mol. The van der Waals surface area contributed by atoms with Crippen LogP contribution in [0.15, 0.2) is 59.7 Å². The maximum Gasteiger partial charge on any atom is 0.277 e. The second-order valence-electron chi connectivity index (χ2n) is 8.24. The number of carbonyl (C=O) groups is 1. The van der Waals surface area contributed by atoms with Gasteiger partial charge in [-0.25, -0.2) is 9.97 Å². The summed E-state index contributed by atoms with van der Waals surface area (Å²) in [5.74, 6) is 0.927. The van der Waals surface area contributed by atoms with Crippen molar-refractivity contribution in [1.29, 1.82) is 0 Å². The van der Waals surface area contributed by atoms with Gasteiger partial charge in [-0.2, -0.15) is 0 Å². The van der Waals surface area contributed by atoms with E-state index in [4.69, 9.17) is 21.3 Å². The van der Waals surface area contributed by atoms with Crippen LogP contribution in [0.25, 0.3) is 11.4 Å². The molecule has 1 aliphatic rings. The van der Waals surface area contributed by atoms with Crippen LogP contribution in [-0.4, -0.2) is 32.1 Å². The van der Waals surface area contributed by atoms with Crippen LogP contribution in [0.1, 0.15) is 33.4 Å². The summed E-state index contributed by atoms with van der Waals surface area (Å²) in [5.41, 5.74) is 3.81. The van der Waals surface area contributed by atoms with Crippen LogP contribution >= 0.6 is 11.6 Å². The normalized spacial score (nSPS) is 15.0. The quantitative estimate of drug-likeness (QED) is 0.447. The molecular formula is C25H22ClN5O3. The first-order chi connectivity index (χ1) is 16.3. The van der Waals surface area contributed by atoms with Gasteiger partial charge < -0.3 is 13.9 Å². The molecule has 0 radical (unpaired) electrons. The van der Waals surface area contributed by atoms with E-state index in [1.165, 1.54) is 4.57 Å². The van der Waals surface area contributed by atoms with Gasteiger partial charge in [0.05, 0.1) is 18.5 Å². The number of imidazole rings is 1. The van der Waals surface area contributed by atoms with Crippen LogP contribution in [0, 0.1) is 6.92 Å². The number of methoxy groups -OCH3 is 1. The fourth-order valence-electron chi connectivity index (χ4n) is 4.41. The standard InChI is InChI=1S/C25H22ClN5O3/c1-14-11-18(13-29(2)24(14)32)31-21(15-5-8-17(26)9-6-15)20-22(25(31)33)30(3)23(28-20)16-7-10-19(34-4)27-12-16/h5-13,21H,1-4H3. The lowest BCUT2D eigenvalue weighted by molar-refractivity contribution is 0.0986. The Bertz CT molecular complexity index is 1450. The van der Waals surface area contributed by atoms with Gasteiger partial charge in [-0.1, -0.05) is 23.7 Å². The molecule has 0 N–H and O–H groups in total. The second kappa shape index (κ2) is 8.14. The fraction of sp³-hybridized carbons (Fsp3) is 0.200. The number of nitrogens with zero attached hydrogens (tertiary/aromatic N) is 5. The van der Waals surface area contributed by atoms with Gasteiger partial charge in [0.15, 0.2) is 0 Å². The first-order valence-corrected chi connectivity index (χ1v) is 11.0. The lowest BCUT2D eigenvalue weighted by atomic mass is 10.0. The number of hydrogen-bond donors (Lipinski definition) is 0. The maximum absolute atomic E-state index is 13.8. The smallest absolute Gasteiger partial charge is 0.277 e. The van der Waals surface area contributed by atoms with E-state index in [9.17, 15) is 9.59 Å². The largest absolute Gasteiger partial charge is 0.481 e. The molecule has 1 aliphatic heterocycles. The second-order valence-corrected chi connectivity index (χ2v) is 8.68. The number of fused-ring (bicyclic) bond motifs is 1. The van der Waals surface area contributed by atoms with Crippen molar-refractivity contribution in [3.63, 3.8) is 0 Å². The van der Waals surface area contributed by atoms with Crippen molar-refractivity contribution in [2.75, 3.05) is 12.0 Å². The zero-order valence-electron chi connectivity index (χ0n) is 19.1. The first-order valence-electron chi connectivity index (χ1n) is 10.6. The van der Waals surface area contributed by atoms with Crippen molar-refractivity contribution >= 4 is 23.2 Å². The molecular weight excluding hydrogens is 454 g/mol. The molecule has 0 saturated carbocycles. The Balaban J connectivity index is 1.70. The molecule has 0 saturated heterocycles. The molecule has 0 spiro atoms. The fourth-order valence-corrected chi connectivity index (χ4v) is 4.54. The number of rotatable bonds is 4. The topological polar surface area (TPSA) is 82.3 Å². The van der Waals surface area contributed by atoms with Crippen LogP contribution in [-0.2, 0) is 14.1 Å². The number of halogens is 1. The van der Waals surface area contributed by atoms with Gasteiger partial charge in [0.25, 0.3) is 11.5 Å². The molecule has 5 rings (SSSR count). The van der Waals surface area contributed by atoms with Crippen LogP contribution in [0.3, 0.4) is 0 Å². The van der Waals surface area contributed by atoms with Crippen molar-refractivity contribution in [3.05, 3.63) is 92.7 Å². The number of hydrogen-bond acceptors (Lipinski definition) is 5. The van der Waals surface area contributed by atoms with Crippen molar-refractivity contribution in [2.24, 2.45) is 14.1 Å². The third kappa shape index (κ3) is 3.38. The van der Waals surface area contributed by atoms with Crippen LogP contribution in [0.5, 0.6) is 5.88 Å². The van der Waals surface area contributed by atoms with Gasteiger partial charge in [-0.15, -0.1) is 0 Å². The van der Waals surface area contributed by atoms with E-state index in [1.54, 1.807) is 67.2 Å². The number of benzene rings is 1. The number of aromatic nitrogens is 4. The highest BCUT2D eigenvalue weighted by atomic mass is 35.5. The third-order valence-corrected chi connectivity index (χ3v) is 6.33. The summed E-state index contributed by atoms with van der Waals surface area (Å²) >= 11 is 6.14. The number of carbonyl (C=O) groups excluding carboxylic acids is 1. The summed E-state index contributed by atoms with van der Waals surface area (Å²) < 4.78 is 8.43. The average molecular weight is 476 g/mol. The van der Waals surface area contributed by atoms with E-state index in [1.807, 2.05) is 25.2 Å². The molecule has 8 nitrogen and oxygen atoms in total. The summed E-state index contributed by atoms with van der Waals surface area (Å²) in [7, 11) is 5.05. The van der Waals surface area contributed by atoms with E-state index in [0.717, 1.165) is 11.1 Å². The minimum atomic E-state index is -0.483. The zero-order chi connectivity index (χ0) is 24.1. The summed E-state index contributed by atoms with van der Waals surface area (Å²) in [6, 6.07) is 12.2. The van der Waals surface area contributed by atoms with E-state index in [2.05, 4.69) is 4.98 Å². The number of pyridine rings is 2. The molecule has 34 heavy (non-hydrogen) atoms. The first kappa shape index (κ1) is 21.9. The van der Waals surface area contributed by atoms with E-state index < -0.39 is 6.04 Å². The third-order valence-electron chi connectivity index (χ3n) is 6.08. The van der Waals surface area contributed by atoms with Crippen molar-refractivity contribution in [3.8, 4) is 17.3 Å². The minimum Gasteiger partial charge on any atom is -0.481 e. The predicted octanol–water partition coefficient (Wildman–Crippen LogP) is 3.90. The molecule has 4 aromatic rings. The van der Waals surface area contributed by atoms with Crippen LogP contribution < -0.4 is 15.2 Å². The SMILES string of the molecule is COc1ccc(-c2nc3c(n2C)C(=O)N(c2cc(C)c(=O)n(C)c2)C3c2ccc(Cl)cc2)cn1. The molecule has 1 aromatic carbocycles. The molecule has 1 amide bonds. The molecule has 4 heterocycles. The average Bonchev–Trinajstić information content (AvgIpc) is 3.32. The van der Waals surface area contributed by atoms with E-state index in [-0.39, 0.29) is 11.5 Å². The van der Waals surface area contributed by atoms with Crippen molar-refractivity contribution < 1.29 is 9.53 Å². The number of aryl methyl sites for hydroxylation is 2. The van der Waals surface area contributed by atoms with Crippen molar-refractivity contribution in [1.82, 2.24) is 19.1 Å². The molecule has 172 valence electrons. The number of anilines is 1. The van der Waals surface area contributed by atoms with Gasteiger partial charge in [-0.3, -0.25) is 14.5 Å². The van der Waals surface area contributed by atoms with Gasteiger partial charge in [0.2, 0.25) is 5.88 Å². The Morgan fingerprint density at radius 1 is 1.06 bits per heavy atom. The summed E-state index contributed by atoms with van der Waals surface area (Å²) in [5, 5.41) is 0.601. The molecule has 3 aromatic heterocycles. The van der Waals surface area contributed by atoms with Gasteiger partial charge in [0, 0.05) is 48.7 Å². The predicted molar refractivity (Wildman–Crippen MR) is 130 cm³/mol. The summed E-state index contributed by atoms with van der Waals surface area (Å²) in [6.07, 6.45) is 3.35. The molecule has 1 unspecified atom stereocenters. The minimum absolute atomic E-state index is 0.108. The highest BCUT2D eigenvalue weighted by Gasteiger charge is 2.43. The van der Waals surface area contributed by atoms with Crippen LogP contribution in [0.4, 0.5) is 5.69 Å². The molecule has 0 fully saturated rings.